The molecule has 5 rings (SSSR count). The van der Waals surface area contributed by atoms with Gasteiger partial charge in [0, 0.05) is 52.4 Å². The lowest BCUT2D eigenvalue weighted by Crippen LogP contribution is -2.13. The van der Waals surface area contributed by atoms with Crippen molar-refractivity contribution in [3.63, 3.8) is 0 Å². The summed E-state index contributed by atoms with van der Waals surface area (Å²) in [5.41, 5.74) is 2.24. The van der Waals surface area contributed by atoms with Gasteiger partial charge in [-0.3, -0.25) is 0 Å². The molecule has 5 aromatic rings. The Labute approximate surface area is 185 Å². The molecule has 2 radical (unpaired) electrons. The molecule has 0 aliphatic carbocycles. The van der Waals surface area contributed by atoms with E-state index in [0.717, 1.165) is 48.8 Å². The monoisotopic (exact) mass is 458 g/mol. The van der Waals surface area contributed by atoms with E-state index in [0.29, 0.717) is 29.6 Å². The Kier molecular flexibility index (Phi) is 4.28. The first-order valence-electron chi connectivity index (χ1n) is 8.90. The minimum atomic E-state index is 0.615. The van der Waals surface area contributed by atoms with E-state index >= 15 is 0 Å². The van der Waals surface area contributed by atoms with Crippen molar-refractivity contribution in [1.29, 1.82) is 0 Å². The van der Waals surface area contributed by atoms with Gasteiger partial charge < -0.3 is 0 Å². The topological polar surface area (TPSA) is 0 Å². The molecule has 28 heavy (non-hydrogen) atoms. The zero-order valence-corrected chi connectivity index (χ0v) is 19.4. The fourth-order valence-corrected chi connectivity index (χ4v) is 6.77. The molecule has 0 saturated heterocycles. The second-order valence-electron chi connectivity index (χ2n) is 7.23. The molecule has 0 atom stereocenters. The highest BCUT2D eigenvalue weighted by atomic mass is 35.5. The van der Waals surface area contributed by atoms with E-state index in [9.17, 15) is 0 Å². The summed E-state index contributed by atoms with van der Waals surface area (Å²) >= 11 is 27.3. The Morgan fingerprint density at radius 3 is 1.75 bits per heavy atom. The zero-order chi connectivity index (χ0) is 19.9. The van der Waals surface area contributed by atoms with Crippen LogP contribution in [0.1, 0.15) is 11.1 Å². The number of hydrogen-bond donors (Lipinski definition) is 0. The van der Waals surface area contributed by atoms with E-state index < -0.39 is 0 Å². The van der Waals surface area contributed by atoms with E-state index in [4.69, 9.17) is 46.4 Å². The molecule has 0 bridgehead atoms. The Morgan fingerprint density at radius 1 is 0.571 bits per heavy atom. The highest BCUT2D eigenvalue weighted by Crippen LogP contribution is 2.50. The maximum Gasteiger partial charge on any atom is 0.0782 e. The third-order valence-electron chi connectivity index (χ3n) is 5.69. The van der Waals surface area contributed by atoms with Crippen molar-refractivity contribution in [1.82, 2.24) is 0 Å². The normalized spacial score (nSPS) is 12.2. The van der Waals surface area contributed by atoms with Gasteiger partial charge in [-0.25, -0.2) is 0 Å². The Balaban J connectivity index is 2.34. The lowest BCUT2D eigenvalue weighted by atomic mass is 9.87. The molecule has 0 saturated carbocycles. The number of rotatable bonds is 1. The van der Waals surface area contributed by atoms with Crippen LogP contribution in [-0.4, -0.2) is 9.52 Å². The first-order valence-corrected chi connectivity index (χ1v) is 11.9. The van der Waals surface area contributed by atoms with E-state index in [1.807, 2.05) is 18.2 Å². The predicted octanol–water partition coefficient (Wildman–Crippen LogP) is 8.35. The highest BCUT2D eigenvalue weighted by molar-refractivity contribution is 6.60. The van der Waals surface area contributed by atoms with Crippen molar-refractivity contribution in [3.8, 4) is 0 Å². The Bertz CT molecular complexity index is 1430. The number of halogens is 4. The summed E-state index contributed by atoms with van der Waals surface area (Å²) in [5.74, 6) is 0. The largest absolute Gasteiger partial charge is 0.0836 e. The molecular formula is C23H14Cl4Si. The van der Waals surface area contributed by atoms with Crippen LogP contribution in [0.5, 0.6) is 0 Å². The molecule has 0 spiro atoms. The maximum atomic E-state index is 6.87. The van der Waals surface area contributed by atoms with Crippen molar-refractivity contribution in [2.75, 3.05) is 0 Å². The maximum absolute atomic E-state index is 6.87. The van der Waals surface area contributed by atoms with Crippen molar-refractivity contribution < 1.29 is 0 Å². The molecule has 0 nitrogen and oxygen atoms in total. The lowest BCUT2D eigenvalue weighted by molar-refractivity contribution is 1.54. The fourth-order valence-electron chi connectivity index (χ4n) is 4.56. The molecule has 0 unspecified atom stereocenters. The van der Waals surface area contributed by atoms with Crippen LogP contribution in [0.2, 0.25) is 26.6 Å². The molecule has 0 aliphatic rings. The Morgan fingerprint density at radius 2 is 1.11 bits per heavy atom. The molecular weight excluding hydrogens is 446 g/mol. The molecule has 0 amide bonds. The Hall–Kier alpha value is -1.22. The molecule has 0 aromatic heterocycles. The van der Waals surface area contributed by atoms with Crippen molar-refractivity contribution in [2.24, 2.45) is 0 Å². The summed E-state index contributed by atoms with van der Waals surface area (Å²) in [6.45, 7) is 6.33. The second kappa shape index (κ2) is 6.39. The van der Waals surface area contributed by atoms with Gasteiger partial charge in [-0.2, -0.15) is 0 Å². The SMILES string of the molecule is C[Si]c1cc(Cl)c2c3c(Cl)ccc4c(C)cc(Cl)c(c5c(Cl)cc(C)c1c52)c43. The molecule has 0 fully saturated rings. The smallest absolute Gasteiger partial charge is 0.0782 e. The number of benzene rings is 5. The van der Waals surface area contributed by atoms with Gasteiger partial charge in [-0.05, 0) is 60.0 Å². The quantitative estimate of drug-likeness (QED) is 0.134. The van der Waals surface area contributed by atoms with Gasteiger partial charge >= 0.3 is 0 Å². The van der Waals surface area contributed by atoms with Crippen LogP contribution in [0.25, 0.3) is 43.1 Å². The average Bonchev–Trinajstić information content (AvgIpc) is 2.64. The van der Waals surface area contributed by atoms with E-state index in [1.54, 1.807) is 0 Å². The first-order chi connectivity index (χ1) is 13.3. The highest BCUT2D eigenvalue weighted by Gasteiger charge is 2.23. The second-order valence-corrected chi connectivity index (χ2v) is 9.89. The van der Waals surface area contributed by atoms with Crippen molar-refractivity contribution in [2.45, 2.75) is 20.4 Å². The van der Waals surface area contributed by atoms with E-state index in [2.05, 4.69) is 32.5 Å². The lowest BCUT2D eigenvalue weighted by Gasteiger charge is -2.21. The van der Waals surface area contributed by atoms with Gasteiger partial charge in [0.1, 0.15) is 0 Å². The van der Waals surface area contributed by atoms with Gasteiger partial charge in [0.05, 0.1) is 9.52 Å². The summed E-state index contributed by atoms with van der Waals surface area (Å²) in [6.07, 6.45) is 0. The standard InChI is InChI=1S/C23H14Cl4Si/c1-9-6-13(25)20-18-11(9)4-5-12(24)19(18)22-15(27)8-16(28-3)17-10(2)7-14(26)21(20)23(17)22/h4-8H,1-3H3. The predicted molar refractivity (Wildman–Crippen MR) is 128 cm³/mol. The number of aryl methyl sites for hydroxylation is 2. The summed E-state index contributed by atoms with van der Waals surface area (Å²) in [5, 5.41) is 12.2. The van der Waals surface area contributed by atoms with Gasteiger partial charge in [0.15, 0.2) is 0 Å². The zero-order valence-electron chi connectivity index (χ0n) is 15.4. The van der Waals surface area contributed by atoms with Crippen LogP contribution in [0.15, 0.2) is 30.3 Å². The third kappa shape index (κ3) is 2.32. The summed E-state index contributed by atoms with van der Waals surface area (Å²) in [6, 6.07) is 10.1. The van der Waals surface area contributed by atoms with Crippen LogP contribution >= 0.6 is 46.4 Å². The van der Waals surface area contributed by atoms with E-state index in [-0.39, 0.29) is 0 Å². The van der Waals surface area contributed by atoms with Crippen LogP contribution < -0.4 is 5.19 Å². The molecule has 5 aromatic carbocycles. The minimum absolute atomic E-state index is 0.615. The molecule has 0 heterocycles. The minimum Gasteiger partial charge on any atom is -0.0836 e. The van der Waals surface area contributed by atoms with Gasteiger partial charge in [0.25, 0.3) is 0 Å². The molecule has 138 valence electrons. The van der Waals surface area contributed by atoms with Crippen molar-refractivity contribution >= 4 is 104 Å². The first kappa shape index (κ1) is 18.8. The summed E-state index contributed by atoms with van der Waals surface area (Å²) < 4.78 is 0. The molecule has 0 N–H and O–H groups in total. The van der Waals surface area contributed by atoms with Gasteiger partial charge in [0.2, 0.25) is 0 Å². The van der Waals surface area contributed by atoms with Crippen LogP contribution in [-0.2, 0) is 0 Å². The molecule has 5 heteroatoms. The van der Waals surface area contributed by atoms with Crippen LogP contribution in [0.3, 0.4) is 0 Å². The third-order valence-corrected chi connectivity index (χ3v) is 7.83. The fraction of sp³-hybridized carbons (Fsp3) is 0.130. The molecule has 0 aliphatic heterocycles. The number of fused-ring (bicyclic) bond motifs is 2. The summed E-state index contributed by atoms with van der Waals surface area (Å²) in [7, 11) is 0.615. The van der Waals surface area contributed by atoms with E-state index in [1.165, 1.54) is 10.6 Å². The average molecular weight is 460 g/mol. The van der Waals surface area contributed by atoms with Crippen LogP contribution in [0, 0.1) is 13.8 Å². The van der Waals surface area contributed by atoms with Crippen LogP contribution in [0.4, 0.5) is 0 Å². The number of hydrogen-bond acceptors (Lipinski definition) is 0. The van der Waals surface area contributed by atoms with Crippen molar-refractivity contribution in [3.05, 3.63) is 61.5 Å². The van der Waals surface area contributed by atoms with Gasteiger partial charge in [-0.1, -0.05) is 64.2 Å². The van der Waals surface area contributed by atoms with Gasteiger partial charge in [-0.15, -0.1) is 0 Å². The summed E-state index contributed by atoms with van der Waals surface area (Å²) in [4.78, 5) is 0.